The number of ether oxygens (including phenoxy) is 2. The van der Waals surface area contributed by atoms with E-state index in [4.69, 9.17) is 21.1 Å². The Labute approximate surface area is 124 Å². The zero-order valence-electron chi connectivity index (χ0n) is 11.8. The predicted molar refractivity (Wildman–Crippen MR) is 83.0 cm³/mol. The molecule has 2 rings (SSSR count). The van der Waals surface area contributed by atoms with Crippen LogP contribution in [0.15, 0.2) is 42.5 Å². The Morgan fingerprint density at radius 3 is 2.50 bits per heavy atom. The third kappa shape index (κ3) is 3.36. The molecule has 3 nitrogen and oxygen atoms in total. The van der Waals surface area contributed by atoms with Gasteiger partial charge in [0.05, 0.1) is 20.3 Å². The zero-order chi connectivity index (χ0) is 14.5. The summed E-state index contributed by atoms with van der Waals surface area (Å²) < 4.78 is 10.6. The van der Waals surface area contributed by atoms with Crippen LogP contribution in [0.5, 0.6) is 11.5 Å². The molecule has 20 heavy (non-hydrogen) atoms. The summed E-state index contributed by atoms with van der Waals surface area (Å²) in [7, 11) is 3.30. The normalized spacial score (nSPS) is 11.8. The number of rotatable bonds is 5. The van der Waals surface area contributed by atoms with Gasteiger partial charge in [-0.15, -0.1) is 0 Å². The van der Waals surface area contributed by atoms with Gasteiger partial charge in [-0.2, -0.15) is 0 Å². The van der Waals surface area contributed by atoms with Crippen LogP contribution in [0.2, 0.25) is 5.02 Å². The molecule has 1 atom stereocenters. The molecule has 0 saturated heterocycles. The lowest BCUT2D eigenvalue weighted by molar-refractivity contribution is 0.390. The average Bonchev–Trinajstić information content (AvgIpc) is 2.46. The van der Waals surface area contributed by atoms with Crippen LogP contribution < -0.4 is 14.8 Å². The second-order valence-corrected chi connectivity index (χ2v) is 4.92. The monoisotopic (exact) mass is 291 g/mol. The maximum absolute atomic E-state index is 5.99. The van der Waals surface area contributed by atoms with Crippen molar-refractivity contribution in [1.82, 2.24) is 0 Å². The number of benzene rings is 2. The molecular formula is C16H18ClNO2. The standard InChI is InChI=1S/C16H18ClNO2/c1-11(18-13-6-4-5-12(17)9-13)15-8-7-14(19-2)10-16(15)20-3/h4-11,18H,1-3H3. The van der Waals surface area contributed by atoms with Gasteiger partial charge in [-0.25, -0.2) is 0 Å². The Morgan fingerprint density at radius 2 is 1.85 bits per heavy atom. The number of hydrogen-bond acceptors (Lipinski definition) is 3. The molecule has 0 bridgehead atoms. The van der Waals surface area contributed by atoms with Crippen molar-refractivity contribution >= 4 is 17.3 Å². The molecule has 0 heterocycles. The number of anilines is 1. The molecule has 0 fully saturated rings. The van der Waals surface area contributed by atoms with Gasteiger partial charge in [0.2, 0.25) is 0 Å². The van der Waals surface area contributed by atoms with Crippen molar-refractivity contribution in [2.75, 3.05) is 19.5 Å². The minimum Gasteiger partial charge on any atom is -0.497 e. The first kappa shape index (κ1) is 14.5. The van der Waals surface area contributed by atoms with E-state index in [1.807, 2.05) is 42.5 Å². The van der Waals surface area contributed by atoms with Crippen LogP contribution in [0.4, 0.5) is 5.69 Å². The molecule has 1 unspecified atom stereocenters. The van der Waals surface area contributed by atoms with Crippen molar-refractivity contribution < 1.29 is 9.47 Å². The van der Waals surface area contributed by atoms with Gasteiger partial charge in [0, 0.05) is 22.3 Å². The third-order valence-corrected chi connectivity index (χ3v) is 3.35. The second kappa shape index (κ2) is 6.53. The van der Waals surface area contributed by atoms with Crippen LogP contribution in [-0.2, 0) is 0 Å². The molecule has 0 saturated carbocycles. The molecule has 2 aromatic rings. The minimum absolute atomic E-state index is 0.0920. The van der Waals surface area contributed by atoms with E-state index >= 15 is 0 Å². The van der Waals surface area contributed by atoms with E-state index in [1.165, 1.54) is 0 Å². The Kier molecular flexibility index (Phi) is 4.74. The van der Waals surface area contributed by atoms with Gasteiger partial charge in [0.15, 0.2) is 0 Å². The van der Waals surface area contributed by atoms with E-state index in [2.05, 4.69) is 12.2 Å². The Hall–Kier alpha value is -1.87. The van der Waals surface area contributed by atoms with Gasteiger partial charge >= 0.3 is 0 Å². The molecule has 0 aliphatic carbocycles. The SMILES string of the molecule is COc1ccc(C(C)Nc2cccc(Cl)c2)c(OC)c1. The van der Waals surface area contributed by atoms with Crippen molar-refractivity contribution in [2.24, 2.45) is 0 Å². The first-order chi connectivity index (χ1) is 9.63. The van der Waals surface area contributed by atoms with Crippen LogP contribution in [-0.4, -0.2) is 14.2 Å². The summed E-state index contributed by atoms with van der Waals surface area (Å²) in [5.74, 6) is 1.58. The smallest absolute Gasteiger partial charge is 0.127 e. The summed E-state index contributed by atoms with van der Waals surface area (Å²) >= 11 is 5.99. The number of halogens is 1. The summed E-state index contributed by atoms with van der Waals surface area (Å²) in [4.78, 5) is 0. The Bertz CT molecular complexity index is 586. The molecule has 0 amide bonds. The maximum atomic E-state index is 5.99. The van der Waals surface area contributed by atoms with E-state index < -0.39 is 0 Å². The molecule has 0 spiro atoms. The van der Waals surface area contributed by atoms with Crippen molar-refractivity contribution in [1.29, 1.82) is 0 Å². The highest BCUT2D eigenvalue weighted by atomic mass is 35.5. The summed E-state index contributed by atoms with van der Waals surface area (Å²) in [5, 5.41) is 4.12. The quantitative estimate of drug-likeness (QED) is 0.878. The number of nitrogens with one attached hydrogen (secondary N) is 1. The lowest BCUT2D eigenvalue weighted by atomic mass is 10.1. The lowest BCUT2D eigenvalue weighted by Gasteiger charge is -2.19. The van der Waals surface area contributed by atoms with E-state index in [9.17, 15) is 0 Å². The van der Waals surface area contributed by atoms with Gasteiger partial charge < -0.3 is 14.8 Å². The van der Waals surface area contributed by atoms with Gasteiger partial charge in [-0.05, 0) is 37.3 Å². The van der Waals surface area contributed by atoms with Gasteiger partial charge in [-0.1, -0.05) is 17.7 Å². The van der Waals surface area contributed by atoms with E-state index in [0.717, 1.165) is 22.7 Å². The summed E-state index contributed by atoms with van der Waals surface area (Å²) in [6.45, 7) is 2.07. The van der Waals surface area contributed by atoms with Crippen molar-refractivity contribution in [3.05, 3.63) is 53.1 Å². The second-order valence-electron chi connectivity index (χ2n) is 4.48. The van der Waals surface area contributed by atoms with Gasteiger partial charge in [-0.3, -0.25) is 0 Å². The summed E-state index contributed by atoms with van der Waals surface area (Å²) in [6, 6.07) is 13.6. The maximum Gasteiger partial charge on any atom is 0.127 e. The topological polar surface area (TPSA) is 30.5 Å². The zero-order valence-corrected chi connectivity index (χ0v) is 12.6. The molecule has 0 aromatic heterocycles. The molecule has 0 aliphatic heterocycles. The van der Waals surface area contributed by atoms with Gasteiger partial charge in [0.1, 0.15) is 11.5 Å². The fourth-order valence-corrected chi connectivity index (χ4v) is 2.27. The average molecular weight is 292 g/mol. The highest BCUT2D eigenvalue weighted by Crippen LogP contribution is 2.31. The lowest BCUT2D eigenvalue weighted by Crippen LogP contribution is -2.08. The molecule has 2 aromatic carbocycles. The first-order valence-electron chi connectivity index (χ1n) is 6.38. The molecule has 106 valence electrons. The fourth-order valence-electron chi connectivity index (χ4n) is 2.08. The highest BCUT2D eigenvalue weighted by Gasteiger charge is 2.12. The molecule has 0 radical (unpaired) electrons. The third-order valence-electron chi connectivity index (χ3n) is 3.11. The first-order valence-corrected chi connectivity index (χ1v) is 6.76. The molecular weight excluding hydrogens is 274 g/mol. The highest BCUT2D eigenvalue weighted by molar-refractivity contribution is 6.30. The van der Waals surface area contributed by atoms with E-state index in [-0.39, 0.29) is 6.04 Å². The van der Waals surface area contributed by atoms with E-state index in [0.29, 0.717) is 5.02 Å². The van der Waals surface area contributed by atoms with Crippen LogP contribution in [0.1, 0.15) is 18.5 Å². The minimum atomic E-state index is 0.0920. The van der Waals surface area contributed by atoms with Crippen LogP contribution in [0, 0.1) is 0 Å². The van der Waals surface area contributed by atoms with Crippen molar-refractivity contribution in [3.63, 3.8) is 0 Å². The van der Waals surface area contributed by atoms with Crippen LogP contribution >= 0.6 is 11.6 Å². The fraction of sp³-hybridized carbons (Fsp3) is 0.250. The summed E-state index contributed by atoms with van der Waals surface area (Å²) in [5.41, 5.74) is 2.04. The predicted octanol–water partition coefficient (Wildman–Crippen LogP) is 4.53. The van der Waals surface area contributed by atoms with Crippen LogP contribution in [0.25, 0.3) is 0 Å². The molecule has 4 heteroatoms. The number of hydrogen-bond donors (Lipinski definition) is 1. The molecule has 1 N–H and O–H groups in total. The van der Waals surface area contributed by atoms with Crippen molar-refractivity contribution in [2.45, 2.75) is 13.0 Å². The largest absolute Gasteiger partial charge is 0.497 e. The van der Waals surface area contributed by atoms with E-state index in [1.54, 1.807) is 14.2 Å². The van der Waals surface area contributed by atoms with Crippen molar-refractivity contribution in [3.8, 4) is 11.5 Å². The van der Waals surface area contributed by atoms with Gasteiger partial charge in [0.25, 0.3) is 0 Å². The Morgan fingerprint density at radius 1 is 1.05 bits per heavy atom. The summed E-state index contributed by atoms with van der Waals surface area (Å²) in [6.07, 6.45) is 0. The van der Waals surface area contributed by atoms with Crippen LogP contribution in [0.3, 0.4) is 0 Å². The Balaban J connectivity index is 2.22. The molecule has 0 aliphatic rings. The number of methoxy groups -OCH3 is 2.